The van der Waals surface area contributed by atoms with E-state index >= 15 is 0 Å². The molecular formula is C16H28N2O. The molecule has 1 N–H and O–H groups in total. The molecule has 1 aliphatic rings. The summed E-state index contributed by atoms with van der Waals surface area (Å²) in [5.41, 5.74) is 1.37. The first-order valence-corrected chi connectivity index (χ1v) is 7.57. The molecule has 1 aromatic heterocycles. The average Bonchev–Trinajstić information content (AvgIpc) is 2.75. The van der Waals surface area contributed by atoms with E-state index in [1.165, 1.54) is 37.9 Å². The predicted molar refractivity (Wildman–Crippen MR) is 79.4 cm³/mol. The zero-order chi connectivity index (χ0) is 13.8. The molecule has 0 saturated carbocycles. The summed E-state index contributed by atoms with van der Waals surface area (Å²) in [6.45, 7) is 10.0. The number of hydrogen-bond acceptors (Lipinski definition) is 3. The van der Waals surface area contributed by atoms with Crippen LogP contribution in [0.4, 0.5) is 0 Å². The summed E-state index contributed by atoms with van der Waals surface area (Å²) in [5, 5.41) is 3.26. The number of furan rings is 1. The number of hydrogen-bond donors (Lipinski definition) is 1. The van der Waals surface area contributed by atoms with Crippen molar-refractivity contribution in [2.45, 2.75) is 46.1 Å². The van der Waals surface area contributed by atoms with Gasteiger partial charge in [0.15, 0.2) is 0 Å². The first kappa shape index (κ1) is 14.6. The minimum atomic E-state index is 0.489. The molecule has 1 fully saturated rings. The molecule has 3 nitrogen and oxygen atoms in total. The lowest BCUT2D eigenvalue weighted by Gasteiger charge is -2.36. The van der Waals surface area contributed by atoms with Crippen LogP contribution < -0.4 is 5.32 Å². The van der Waals surface area contributed by atoms with E-state index in [2.05, 4.69) is 30.1 Å². The molecule has 1 aliphatic heterocycles. The van der Waals surface area contributed by atoms with E-state index < -0.39 is 0 Å². The summed E-state index contributed by atoms with van der Waals surface area (Å²) in [6, 6.07) is 2.69. The summed E-state index contributed by atoms with van der Waals surface area (Å²) < 4.78 is 5.67. The molecule has 1 unspecified atom stereocenters. The van der Waals surface area contributed by atoms with Crippen LogP contribution in [0.25, 0.3) is 0 Å². The van der Waals surface area contributed by atoms with Crippen LogP contribution in [0.15, 0.2) is 10.5 Å². The molecule has 2 rings (SSSR count). The quantitative estimate of drug-likeness (QED) is 0.884. The second-order valence-electron chi connectivity index (χ2n) is 5.92. The van der Waals surface area contributed by atoms with Crippen LogP contribution in [0.1, 0.15) is 49.3 Å². The predicted octanol–water partition coefficient (Wildman–Crippen LogP) is 3.28. The van der Waals surface area contributed by atoms with Crippen LogP contribution in [-0.2, 0) is 0 Å². The largest absolute Gasteiger partial charge is 0.466 e. The fraction of sp³-hybridized carbons (Fsp3) is 0.750. The van der Waals surface area contributed by atoms with E-state index in [-0.39, 0.29) is 0 Å². The summed E-state index contributed by atoms with van der Waals surface area (Å²) in [7, 11) is 2.04. The summed E-state index contributed by atoms with van der Waals surface area (Å²) >= 11 is 0. The van der Waals surface area contributed by atoms with Gasteiger partial charge in [0.25, 0.3) is 0 Å². The average molecular weight is 264 g/mol. The van der Waals surface area contributed by atoms with Crippen molar-refractivity contribution in [3.63, 3.8) is 0 Å². The molecule has 1 aromatic rings. The van der Waals surface area contributed by atoms with Gasteiger partial charge in [-0.05, 0) is 78.7 Å². The zero-order valence-electron chi connectivity index (χ0n) is 12.8. The Morgan fingerprint density at radius 3 is 2.58 bits per heavy atom. The van der Waals surface area contributed by atoms with Gasteiger partial charge in [0.2, 0.25) is 0 Å². The van der Waals surface area contributed by atoms with Gasteiger partial charge in [-0.25, -0.2) is 0 Å². The lowest BCUT2D eigenvalue weighted by atomic mass is 9.92. The fourth-order valence-corrected chi connectivity index (χ4v) is 3.24. The molecule has 0 radical (unpaired) electrons. The molecule has 0 aliphatic carbocycles. The molecule has 108 valence electrons. The minimum absolute atomic E-state index is 0.489. The van der Waals surface area contributed by atoms with E-state index in [9.17, 15) is 0 Å². The van der Waals surface area contributed by atoms with Crippen LogP contribution in [-0.4, -0.2) is 31.6 Å². The Morgan fingerprint density at radius 1 is 1.37 bits per heavy atom. The number of nitrogens with zero attached hydrogens (tertiary/aromatic N) is 1. The van der Waals surface area contributed by atoms with Crippen molar-refractivity contribution < 1.29 is 4.42 Å². The van der Waals surface area contributed by atoms with Crippen molar-refractivity contribution in [1.82, 2.24) is 10.2 Å². The molecule has 1 saturated heterocycles. The Bertz CT molecular complexity index is 391. The number of rotatable bonds is 5. The molecule has 0 bridgehead atoms. The van der Waals surface area contributed by atoms with Gasteiger partial charge in [0.05, 0.1) is 0 Å². The third-order valence-electron chi connectivity index (χ3n) is 4.53. The Hall–Kier alpha value is -0.800. The van der Waals surface area contributed by atoms with Crippen molar-refractivity contribution in [3.8, 4) is 0 Å². The first-order valence-electron chi connectivity index (χ1n) is 7.57. The summed E-state index contributed by atoms with van der Waals surface area (Å²) in [6.07, 6.45) is 3.99. The van der Waals surface area contributed by atoms with Gasteiger partial charge in [0.1, 0.15) is 11.5 Å². The van der Waals surface area contributed by atoms with Crippen LogP contribution in [0.3, 0.4) is 0 Å². The van der Waals surface area contributed by atoms with E-state index in [0.29, 0.717) is 6.04 Å². The van der Waals surface area contributed by atoms with Gasteiger partial charge in [-0.2, -0.15) is 0 Å². The van der Waals surface area contributed by atoms with Crippen LogP contribution >= 0.6 is 0 Å². The van der Waals surface area contributed by atoms with Crippen molar-refractivity contribution in [3.05, 3.63) is 23.2 Å². The molecule has 19 heavy (non-hydrogen) atoms. The Kier molecular flexibility index (Phi) is 5.06. The smallest absolute Gasteiger partial charge is 0.105 e. The molecule has 0 spiro atoms. The Labute approximate surface area is 117 Å². The second kappa shape index (κ2) is 6.58. The summed E-state index contributed by atoms with van der Waals surface area (Å²) in [5.74, 6) is 3.02. The number of aryl methyl sites for hydroxylation is 2. The number of likely N-dealkylation sites (tertiary alicyclic amines) is 1. The molecule has 0 aromatic carbocycles. The van der Waals surface area contributed by atoms with Crippen LogP contribution in [0.5, 0.6) is 0 Å². The van der Waals surface area contributed by atoms with Crippen molar-refractivity contribution in [1.29, 1.82) is 0 Å². The van der Waals surface area contributed by atoms with Crippen molar-refractivity contribution in [2.24, 2.45) is 5.92 Å². The van der Waals surface area contributed by atoms with Crippen molar-refractivity contribution >= 4 is 0 Å². The van der Waals surface area contributed by atoms with Gasteiger partial charge in [-0.15, -0.1) is 0 Å². The highest BCUT2D eigenvalue weighted by Gasteiger charge is 2.25. The second-order valence-corrected chi connectivity index (χ2v) is 5.92. The third kappa shape index (κ3) is 3.61. The first-order chi connectivity index (χ1) is 9.11. The number of nitrogens with one attached hydrogen (secondary N) is 1. The van der Waals surface area contributed by atoms with E-state index in [4.69, 9.17) is 4.42 Å². The lowest BCUT2D eigenvalue weighted by Crippen LogP contribution is -2.36. The fourth-order valence-electron chi connectivity index (χ4n) is 3.24. The van der Waals surface area contributed by atoms with Gasteiger partial charge >= 0.3 is 0 Å². The van der Waals surface area contributed by atoms with E-state index in [1.54, 1.807) is 0 Å². The van der Waals surface area contributed by atoms with Crippen LogP contribution in [0, 0.1) is 19.8 Å². The van der Waals surface area contributed by atoms with Gasteiger partial charge in [-0.3, -0.25) is 4.90 Å². The van der Waals surface area contributed by atoms with Gasteiger partial charge < -0.3 is 9.73 Å². The highest BCUT2D eigenvalue weighted by Crippen LogP contribution is 2.30. The maximum absolute atomic E-state index is 5.67. The van der Waals surface area contributed by atoms with Crippen LogP contribution in [0.2, 0.25) is 0 Å². The van der Waals surface area contributed by atoms with Gasteiger partial charge in [0, 0.05) is 11.6 Å². The Balaban J connectivity index is 1.89. The normalized spacial score (nSPS) is 19.8. The molecule has 1 atom stereocenters. The standard InChI is InChI=1S/C16H28N2O/c1-12-11-16(14(3)19-12)13(2)18-9-6-15(7-10-18)5-8-17-4/h11,13,15,17H,5-10H2,1-4H3. The van der Waals surface area contributed by atoms with Gasteiger partial charge in [-0.1, -0.05) is 0 Å². The third-order valence-corrected chi connectivity index (χ3v) is 4.53. The lowest BCUT2D eigenvalue weighted by molar-refractivity contribution is 0.137. The number of piperidine rings is 1. The van der Waals surface area contributed by atoms with E-state index in [0.717, 1.165) is 24.0 Å². The summed E-state index contributed by atoms with van der Waals surface area (Å²) in [4.78, 5) is 2.60. The van der Waals surface area contributed by atoms with Crippen molar-refractivity contribution in [2.75, 3.05) is 26.7 Å². The highest BCUT2D eigenvalue weighted by molar-refractivity contribution is 5.23. The Morgan fingerprint density at radius 2 is 2.05 bits per heavy atom. The monoisotopic (exact) mass is 264 g/mol. The zero-order valence-corrected chi connectivity index (χ0v) is 12.8. The SMILES string of the molecule is CNCCC1CCN(C(C)c2cc(C)oc2C)CC1. The van der Waals surface area contributed by atoms with E-state index in [1.807, 2.05) is 14.0 Å². The maximum Gasteiger partial charge on any atom is 0.105 e. The maximum atomic E-state index is 5.67. The molecular weight excluding hydrogens is 236 g/mol. The molecule has 2 heterocycles. The topological polar surface area (TPSA) is 28.4 Å². The highest BCUT2D eigenvalue weighted by atomic mass is 16.3. The minimum Gasteiger partial charge on any atom is -0.466 e. The molecule has 0 amide bonds. The molecule has 3 heteroatoms.